The molecule has 104 valence electrons. The highest BCUT2D eigenvalue weighted by Gasteiger charge is 2.67. The van der Waals surface area contributed by atoms with E-state index in [0.717, 1.165) is 11.1 Å². The van der Waals surface area contributed by atoms with Crippen LogP contribution in [-0.2, 0) is 0 Å². The van der Waals surface area contributed by atoms with Crippen molar-refractivity contribution < 1.29 is 0 Å². The van der Waals surface area contributed by atoms with E-state index in [9.17, 15) is 0 Å². The van der Waals surface area contributed by atoms with Gasteiger partial charge in [0, 0.05) is 0 Å². The molecule has 0 nitrogen and oxygen atoms in total. The van der Waals surface area contributed by atoms with Crippen LogP contribution in [0.5, 0.6) is 0 Å². The minimum Gasteiger partial charge on any atom is -0.128 e. The lowest BCUT2D eigenvalue weighted by Crippen LogP contribution is -2.69. The van der Waals surface area contributed by atoms with Crippen molar-refractivity contribution in [1.82, 2.24) is 0 Å². The molecule has 0 aliphatic carbocycles. The summed E-state index contributed by atoms with van der Waals surface area (Å²) in [6.45, 7) is 14.2. The fourth-order valence-electron chi connectivity index (χ4n) is 2.49. The van der Waals surface area contributed by atoms with E-state index in [4.69, 9.17) is 0 Å². The van der Waals surface area contributed by atoms with Crippen molar-refractivity contribution >= 4 is 91.9 Å². The fourth-order valence-corrected chi connectivity index (χ4v) is 108. The van der Waals surface area contributed by atoms with Crippen molar-refractivity contribution in [2.75, 3.05) is 0 Å². The van der Waals surface area contributed by atoms with E-state index in [1.54, 1.807) is 0 Å². The average molecular weight is 613 g/mol. The first-order valence-corrected chi connectivity index (χ1v) is 25.3. The quantitative estimate of drug-likeness (QED) is 0.228. The summed E-state index contributed by atoms with van der Waals surface area (Å²) in [5.41, 5.74) is 0.468. The Hall–Kier alpha value is 3.05. The number of hydrogen-bond acceptors (Lipinski definition) is 0. The van der Waals surface area contributed by atoms with Crippen molar-refractivity contribution in [3.05, 3.63) is 0 Å². The molecule has 0 aromatic carbocycles. The fraction of sp³-hybridized carbons (Fsp3) is 1.00. The summed E-state index contributed by atoms with van der Waals surface area (Å²) in [4.78, 5) is 0. The van der Waals surface area contributed by atoms with Crippen LogP contribution in [0.1, 0.15) is 41.5 Å². The molecule has 0 saturated heterocycles. The Morgan fingerprint density at radius 2 is 0.882 bits per heavy atom. The second-order valence-electron chi connectivity index (χ2n) is 5.44. The van der Waals surface area contributed by atoms with Gasteiger partial charge in [-0.3, -0.25) is 0 Å². The van der Waals surface area contributed by atoms with Gasteiger partial charge in [-0.05, 0) is 16.6 Å². The van der Waals surface area contributed by atoms with E-state index < -0.39 is 15.4 Å². The Labute approximate surface area is 148 Å². The Morgan fingerprint density at radius 1 is 0.588 bits per heavy atom. The van der Waals surface area contributed by atoms with Crippen molar-refractivity contribution in [2.45, 2.75) is 58.2 Å². The zero-order chi connectivity index (χ0) is 14.2. The topological polar surface area (TPSA) is 0 Å². The van der Waals surface area contributed by atoms with Crippen molar-refractivity contribution in [2.24, 2.45) is 0 Å². The highest BCUT2D eigenvalue weighted by Crippen LogP contribution is 2.59. The normalized spacial score (nSPS) is 18.0. The third kappa shape index (κ3) is 3.63. The molecule has 0 aliphatic rings. The largest absolute Gasteiger partial charge is 0.265 e. The van der Waals surface area contributed by atoms with Gasteiger partial charge in [-0.15, -0.1) is 30.6 Å². The van der Waals surface area contributed by atoms with Gasteiger partial charge in [-0.25, -0.2) is 0 Å². The third-order valence-corrected chi connectivity index (χ3v) is 105. The van der Waals surface area contributed by atoms with Crippen LogP contribution >= 0.6 is 76.5 Å². The SMILES string of the molecule is CC(C)[Si](Br)(C(C)C)[Si](Br)(C(C)C)[Si](Br)(Br)Br. The van der Waals surface area contributed by atoms with Crippen LogP contribution in [0, 0.1) is 0 Å². The average Bonchev–Trinajstić information content (AvgIpc) is 2.12. The van der Waals surface area contributed by atoms with Crippen LogP contribution in [0.15, 0.2) is 0 Å². The number of rotatable bonds is 5. The molecule has 0 heterocycles. The summed E-state index contributed by atoms with van der Waals surface area (Å²) in [5.74, 6) is 0. The van der Waals surface area contributed by atoms with E-state index in [-0.39, 0.29) is 0 Å². The van der Waals surface area contributed by atoms with E-state index in [1.807, 2.05) is 0 Å². The lowest BCUT2D eigenvalue weighted by Gasteiger charge is -2.50. The zero-order valence-electron chi connectivity index (χ0n) is 11.1. The minimum absolute atomic E-state index is 0.683. The maximum absolute atomic E-state index is 4.27. The molecular formula is C9H21Br5Si3. The first kappa shape index (κ1) is 20.1. The molecule has 8 heteroatoms. The predicted molar refractivity (Wildman–Crippen MR) is 107 cm³/mol. The summed E-state index contributed by atoms with van der Waals surface area (Å²) in [5, 5.41) is 0. The molecule has 0 radical (unpaired) electrons. The van der Waals surface area contributed by atoms with E-state index in [1.165, 1.54) is 0 Å². The minimum atomic E-state index is -1.73. The molecule has 0 fully saturated rings. The Bertz CT molecular complexity index is 256. The summed E-state index contributed by atoms with van der Waals surface area (Å²) >= 11 is 20.4. The van der Waals surface area contributed by atoms with E-state index >= 15 is 0 Å². The molecule has 0 saturated carbocycles. The molecule has 0 aliphatic heterocycles. The Morgan fingerprint density at radius 3 is 0.941 bits per heavy atom. The van der Waals surface area contributed by atoms with Gasteiger partial charge in [0.25, 0.3) is 3.45 Å². The maximum Gasteiger partial charge on any atom is 0.265 e. The van der Waals surface area contributed by atoms with Crippen molar-refractivity contribution in [1.29, 1.82) is 0 Å². The molecule has 0 amide bonds. The lowest BCUT2D eigenvalue weighted by atomic mass is 10.5. The van der Waals surface area contributed by atoms with Gasteiger partial charge in [-0.1, -0.05) is 87.4 Å². The Balaban J connectivity index is 5.92. The second kappa shape index (κ2) is 6.87. The van der Waals surface area contributed by atoms with E-state index in [0.29, 0.717) is 5.54 Å². The molecule has 0 aromatic heterocycles. The molecule has 0 spiro atoms. The van der Waals surface area contributed by atoms with Gasteiger partial charge in [-0.2, -0.15) is 0 Å². The summed E-state index contributed by atoms with van der Waals surface area (Å²) in [6, 6.07) is 0. The first-order chi connectivity index (χ1) is 7.33. The summed E-state index contributed by atoms with van der Waals surface area (Å²) < 4.78 is -1.73. The summed E-state index contributed by atoms with van der Waals surface area (Å²) in [7, 11) is 0. The second-order valence-corrected chi connectivity index (χ2v) is 65.0. The van der Waals surface area contributed by atoms with Gasteiger partial charge in [0.05, 0.1) is 0 Å². The molecule has 0 aromatic rings. The highest BCUT2D eigenvalue weighted by atomic mass is 80.0. The predicted octanol–water partition coefficient (Wildman–Crippen LogP) is 7.18. The molecule has 1 unspecified atom stereocenters. The van der Waals surface area contributed by atoms with Gasteiger partial charge in [0.1, 0.15) is 6.21 Å². The van der Waals surface area contributed by atoms with Gasteiger partial charge >= 0.3 is 0 Å². The van der Waals surface area contributed by atoms with Crippen LogP contribution in [0.25, 0.3) is 0 Å². The van der Waals surface area contributed by atoms with Crippen LogP contribution < -0.4 is 0 Å². The lowest BCUT2D eigenvalue weighted by molar-refractivity contribution is 0.943. The van der Waals surface area contributed by atoms with Crippen LogP contribution in [-0.4, -0.2) is 15.4 Å². The molecule has 1 atom stereocenters. The van der Waals surface area contributed by atoms with Gasteiger partial charge in [0.15, 0.2) is 5.73 Å². The maximum atomic E-state index is 4.27. The molecule has 0 bridgehead atoms. The highest BCUT2D eigenvalue weighted by molar-refractivity contribution is 9.77. The first-order valence-electron chi connectivity index (χ1n) is 5.78. The van der Waals surface area contributed by atoms with E-state index in [2.05, 4.69) is 118 Å². The molecule has 0 rings (SSSR count). The number of halogens is 5. The van der Waals surface area contributed by atoms with Crippen molar-refractivity contribution in [3.63, 3.8) is 0 Å². The standard InChI is InChI=1S/C9H21Br5Si3/c1-7(2)15(10,8(3)4)16(11,9(5)6)17(12,13)14/h7-9H,1-6H3. The molecular weight excluding hydrogens is 592 g/mol. The van der Waals surface area contributed by atoms with Crippen LogP contribution in [0.2, 0.25) is 16.6 Å². The van der Waals surface area contributed by atoms with Crippen LogP contribution in [0.3, 0.4) is 0 Å². The van der Waals surface area contributed by atoms with Gasteiger partial charge in [0.2, 0.25) is 0 Å². The number of hydrogen-bond donors (Lipinski definition) is 0. The summed E-state index contributed by atoms with van der Waals surface area (Å²) in [6.07, 6.45) is -1.57. The molecule has 17 heavy (non-hydrogen) atoms. The zero-order valence-corrected chi connectivity index (χ0v) is 22.1. The van der Waals surface area contributed by atoms with Gasteiger partial charge < -0.3 is 0 Å². The Kier molecular flexibility index (Phi) is 8.11. The molecule has 0 N–H and O–H groups in total. The van der Waals surface area contributed by atoms with Crippen LogP contribution in [0.4, 0.5) is 0 Å². The third-order valence-electron chi connectivity index (χ3n) is 3.45. The van der Waals surface area contributed by atoms with Crippen molar-refractivity contribution in [3.8, 4) is 0 Å². The smallest absolute Gasteiger partial charge is 0.128 e. The monoisotopic (exact) mass is 608 g/mol.